The van der Waals surface area contributed by atoms with Crippen LogP contribution in [-0.2, 0) is 9.59 Å². The van der Waals surface area contributed by atoms with E-state index in [9.17, 15) is 9.59 Å². The Balaban J connectivity index is 0.000000411. The van der Waals surface area contributed by atoms with Crippen molar-refractivity contribution in [3.63, 3.8) is 0 Å². The van der Waals surface area contributed by atoms with Crippen LogP contribution in [0.2, 0.25) is 5.02 Å². The lowest BCUT2D eigenvalue weighted by Gasteiger charge is -2.04. The molecule has 0 aliphatic carbocycles. The molecule has 0 aromatic heterocycles. The van der Waals surface area contributed by atoms with E-state index in [2.05, 4.69) is 0 Å². The number of hydrogen-bond acceptors (Lipinski definition) is 4. The van der Waals surface area contributed by atoms with Crippen LogP contribution in [0.3, 0.4) is 0 Å². The number of hydrogen-bond donors (Lipinski definition) is 4. The summed E-state index contributed by atoms with van der Waals surface area (Å²) < 4.78 is 0. The number of benzene rings is 1. The molecule has 2 atom stereocenters. The van der Waals surface area contributed by atoms with E-state index in [1.165, 1.54) is 31.2 Å². The second-order valence-corrected chi connectivity index (χ2v) is 3.86. The van der Waals surface area contributed by atoms with Gasteiger partial charge in [0, 0.05) is 5.02 Å². The molecule has 1 aromatic rings. The van der Waals surface area contributed by atoms with Gasteiger partial charge in [-0.25, -0.2) is 4.79 Å². The van der Waals surface area contributed by atoms with Crippen molar-refractivity contribution in [2.24, 2.45) is 5.73 Å². The highest BCUT2D eigenvalue weighted by molar-refractivity contribution is 6.30. The molecule has 1 aromatic carbocycles. The van der Waals surface area contributed by atoms with Gasteiger partial charge in [0.15, 0.2) is 6.10 Å². The Morgan fingerprint density at radius 2 is 1.56 bits per heavy atom. The summed E-state index contributed by atoms with van der Waals surface area (Å²) in [5, 5.41) is 25.8. The normalized spacial score (nSPS) is 12.9. The Labute approximate surface area is 109 Å². The molecular weight excluding hydrogens is 262 g/mol. The molecule has 0 amide bonds. The first-order chi connectivity index (χ1) is 8.25. The number of rotatable bonds is 3. The first kappa shape index (κ1) is 16.4. The minimum absolute atomic E-state index is 0.326. The van der Waals surface area contributed by atoms with Gasteiger partial charge < -0.3 is 21.1 Å². The summed E-state index contributed by atoms with van der Waals surface area (Å²) in [7, 11) is 0. The number of nitrogens with two attached hydrogens (primary N) is 1. The number of carbonyl (C=O) groups is 2. The van der Waals surface area contributed by atoms with Crippen LogP contribution in [0.5, 0.6) is 0 Å². The second kappa shape index (κ2) is 7.65. The van der Waals surface area contributed by atoms with Gasteiger partial charge in [-0.1, -0.05) is 23.7 Å². The van der Waals surface area contributed by atoms with Crippen LogP contribution >= 0.6 is 11.6 Å². The Bertz CT molecular complexity index is 404. The maximum atomic E-state index is 10.3. The zero-order valence-corrected chi connectivity index (χ0v) is 10.3. The Morgan fingerprint density at radius 3 is 1.83 bits per heavy atom. The third-order valence-corrected chi connectivity index (χ3v) is 2.06. The zero-order valence-electron chi connectivity index (χ0n) is 9.58. The molecule has 0 spiro atoms. The van der Waals surface area contributed by atoms with Crippen LogP contribution in [0.4, 0.5) is 0 Å². The molecule has 0 saturated heterocycles. The summed E-state index contributed by atoms with van der Waals surface area (Å²) in [6, 6.07) is 5.28. The SMILES string of the molecule is C[C@@H](N)C(=O)O.O=C(O)C(O)c1ccc(Cl)cc1. The highest BCUT2D eigenvalue weighted by atomic mass is 35.5. The maximum Gasteiger partial charge on any atom is 0.337 e. The third-order valence-electron chi connectivity index (χ3n) is 1.81. The Morgan fingerprint density at radius 1 is 1.17 bits per heavy atom. The molecule has 0 radical (unpaired) electrons. The van der Waals surface area contributed by atoms with E-state index in [1.807, 2.05) is 0 Å². The summed E-state index contributed by atoms with van der Waals surface area (Å²) in [6.07, 6.45) is -1.47. The van der Waals surface area contributed by atoms with Crippen LogP contribution in [0.1, 0.15) is 18.6 Å². The van der Waals surface area contributed by atoms with Crippen molar-refractivity contribution in [1.29, 1.82) is 0 Å². The average molecular weight is 276 g/mol. The standard InChI is InChI=1S/C8H7ClO3.C3H7NO2/c9-6-3-1-5(2-4-6)7(10)8(11)12;1-2(4)3(5)6/h1-4,7,10H,(H,11,12);2H,4H2,1H3,(H,5,6)/t;2-/m.1/s1. The lowest BCUT2D eigenvalue weighted by atomic mass is 10.1. The zero-order chi connectivity index (χ0) is 14.3. The van der Waals surface area contributed by atoms with Crippen molar-refractivity contribution in [3.05, 3.63) is 34.9 Å². The molecule has 0 saturated carbocycles. The van der Waals surface area contributed by atoms with Crippen molar-refractivity contribution in [2.45, 2.75) is 19.1 Å². The Hall–Kier alpha value is -1.63. The van der Waals surface area contributed by atoms with Gasteiger partial charge in [0.2, 0.25) is 0 Å². The van der Waals surface area contributed by atoms with E-state index in [-0.39, 0.29) is 0 Å². The van der Waals surface area contributed by atoms with Gasteiger partial charge in [-0.05, 0) is 24.6 Å². The van der Waals surface area contributed by atoms with Crippen LogP contribution in [0, 0.1) is 0 Å². The first-order valence-corrected chi connectivity index (χ1v) is 5.28. The minimum atomic E-state index is -1.47. The number of aliphatic hydroxyl groups is 1. The summed E-state index contributed by atoms with van der Waals surface area (Å²) in [5.41, 5.74) is 5.16. The lowest BCUT2D eigenvalue weighted by Crippen LogP contribution is -2.25. The number of aliphatic carboxylic acids is 2. The lowest BCUT2D eigenvalue weighted by molar-refractivity contribution is -0.147. The van der Waals surface area contributed by atoms with Gasteiger partial charge in [0.1, 0.15) is 6.04 Å². The molecule has 7 heteroatoms. The van der Waals surface area contributed by atoms with Gasteiger partial charge in [-0.2, -0.15) is 0 Å². The number of halogens is 1. The van der Waals surface area contributed by atoms with Crippen LogP contribution in [0.25, 0.3) is 0 Å². The van der Waals surface area contributed by atoms with E-state index in [4.69, 9.17) is 32.7 Å². The number of carboxylic acid groups (broad SMARTS) is 2. The summed E-state index contributed by atoms with van der Waals surface area (Å²) in [5.74, 6) is -2.23. The molecule has 0 aliphatic rings. The van der Waals surface area contributed by atoms with E-state index in [0.717, 1.165) is 0 Å². The van der Waals surface area contributed by atoms with Crippen LogP contribution in [-0.4, -0.2) is 33.3 Å². The molecule has 18 heavy (non-hydrogen) atoms. The molecule has 1 unspecified atom stereocenters. The molecule has 0 bridgehead atoms. The maximum absolute atomic E-state index is 10.3. The van der Waals surface area contributed by atoms with E-state index < -0.39 is 24.1 Å². The minimum Gasteiger partial charge on any atom is -0.480 e. The van der Waals surface area contributed by atoms with Gasteiger partial charge in [-0.3, -0.25) is 4.79 Å². The number of carboxylic acids is 2. The van der Waals surface area contributed by atoms with Crippen molar-refractivity contribution in [3.8, 4) is 0 Å². The molecule has 0 aliphatic heterocycles. The molecular formula is C11H14ClNO5. The highest BCUT2D eigenvalue weighted by Gasteiger charge is 2.14. The van der Waals surface area contributed by atoms with Crippen molar-refractivity contribution < 1.29 is 24.9 Å². The first-order valence-electron chi connectivity index (χ1n) is 4.90. The van der Waals surface area contributed by atoms with Gasteiger partial charge >= 0.3 is 11.9 Å². The predicted molar refractivity (Wildman–Crippen MR) is 65.3 cm³/mol. The van der Waals surface area contributed by atoms with Crippen molar-refractivity contribution in [1.82, 2.24) is 0 Å². The molecule has 6 nitrogen and oxygen atoms in total. The fraction of sp³-hybridized carbons (Fsp3) is 0.273. The largest absolute Gasteiger partial charge is 0.480 e. The van der Waals surface area contributed by atoms with E-state index >= 15 is 0 Å². The van der Waals surface area contributed by atoms with E-state index in [1.54, 1.807) is 0 Å². The summed E-state index contributed by atoms with van der Waals surface area (Å²) in [4.78, 5) is 19.9. The van der Waals surface area contributed by atoms with E-state index in [0.29, 0.717) is 10.6 Å². The van der Waals surface area contributed by atoms with Crippen molar-refractivity contribution >= 4 is 23.5 Å². The fourth-order valence-corrected chi connectivity index (χ4v) is 0.914. The van der Waals surface area contributed by atoms with Crippen LogP contribution in [0.15, 0.2) is 24.3 Å². The molecule has 5 N–H and O–H groups in total. The van der Waals surface area contributed by atoms with Crippen LogP contribution < -0.4 is 5.73 Å². The predicted octanol–water partition coefficient (Wildman–Crippen LogP) is 0.876. The molecule has 0 heterocycles. The fourth-order valence-electron chi connectivity index (χ4n) is 0.788. The smallest absolute Gasteiger partial charge is 0.337 e. The second-order valence-electron chi connectivity index (χ2n) is 3.42. The van der Waals surface area contributed by atoms with Gasteiger partial charge in [0.05, 0.1) is 0 Å². The average Bonchev–Trinajstić information content (AvgIpc) is 2.29. The third kappa shape index (κ3) is 6.19. The Kier molecular flexibility index (Phi) is 6.96. The van der Waals surface area contributed by atoms with Crippen molar-refractivity contribution in [2.75, 3.05) is 0 Å². The summed E-state index contributed by atoms with van der Waals surface area (Å²) in [6.45, 7) is 1.42. The summed E-state index contributed by atoms with van der Waals surface area (Å²) >= 11 is 5.57. The van der Waals surface area contributed by atoms with Gasteiger partial charge in [0.25, 0.3) is 0 Å². The number of aliphatic hydroxyl groups excluding tert-OH is 1. The molecule has 100 valence electrons. The van der Waals surface area contributed by atoms with Gasteiger partial charge in [-0.15, -0.1) is 0 Å². The molecule has 0 fully saturated rings. The monoisotopic (exact) mass is 275 g/mol. The quantitative estimate of drug-likeness (QED) is 0.650. The highest BCUT2D eigenvalue weighted by Crippen LogP contribution is 2.16. The molecule has 1 rings (SSSR count). The topological polar surface area (TPSA) is 121 Å².